The van der Waals surface area contributed by atoms with Crippen LogP contribution >= 0.6 is 35.3 Å². The van der Waals surface area contributed by atoms with E-state index in [1.54, 1.807) is 27.3 Å². The van der Waals surface area contributed by atoms with E-state index in [0.29, 0.717) is 16.2 Å². The van der Waals surface area contributed by atoms with Crippen molar-refractivity contribution in [1.82, 2.24) is 14.9 Å². The van der Waals surface area contributed by atoms with Crippen molar-refractivity contribution in [3.05, 3.63) is 17.0 Å². The highest BCUT2D eigenvalue weighted by Gasteiger charge is 2.36. The van der Waals surface area contributed by atoms with Crippen LogP contribution in [0.4, 0.5) is 0 Å². The Morgan fingerprint density at radius 2 is 2.04 bits per heavy atom. The minimum absolute atomic E-state index is 0. The predicted octanol–water partition coefficient (Wildman–Crippen LogP) is 2.88. The van der Waals surface area contributed by atoms with Crippen molar-refractivity contribution < 1.29 is 13.2 Å². The maximum atomic E-state index is 12.2. The molecule has 0 saturated heterocycles. The molecule has 0 unspecified atom stereocenters. The summed E-state index contributed by atoms with van der Waals surface area (Å²) >= 11 is 1.27. The second-order valence-corrected chi connectivity index (χ2v) is 10.7. The van der Waals surface area contributed by atoms with Crippen molar-refractivity contribution >= 4 is 51.3 Å². The fourth-order valence-electron chi connectivity index (χ4n) is 3.04. The van der Waals surface area contributed by atoms with Crippen LogP contribution in [0, 0.1) is 5.41 Å². The summed E-state index contributed by atoms with van der Waals surface area (Å²) in [4.78, 5) is 5.55. The van der Waals surface area contributed by atoms with Crippen molar-refractivity contribution in [2.45, 2.75) is 43.4 Å². The molecule has 0 bridgehead atoms. The molecule has 1 saturated carbocycles. The van der Waals surface area contributed by atoms with Gasteiger partial charge in [0.05, 0.1) is 6.54 Å². The topological polar surface area (TPSA) is 83.0 Å². The van der Waals surface area contributed by atoms with Gasteiger partial charge in [0.25, 0.3) is 10.0 Å². The lowest BCUT2D eigenvalue weighted by Crippen LogP contribution is -2.46. The number of aliphatic imine (C=N–C) groups is 1. The molecule has 162 valence electrons. The number of nitrogens with one attached hydrogen (secondary N) is 2. The van der Waals surface area contributed by atoms with Crippen molar-refractivity contribution in [1.29, 1.82) is 0 Å². The second kappa shape index (κ2) is 11.7. The third-order valence-corrected chi connectivity index (χ3v) is 8.34. The number of halogens is 1. The van der Waals surface area contributed by atoms with Gasteiger partial charge in [-0.25, -0.2) is 17.7 Å². The third-order valence-electron chi connectivity index (χ3n) is 4.99. The third kappa shape index (κ3) is 6.82. The Balaban J connectivity index is 0.00000392. The quantitative estimate of drug-likeness (QED) is 0.269. The molecule has 2 rings (SSSR count). The Kier molecular flexibility index (Phi) is 10.7. The summed E-state index contributed by atoms with van der Waals surface area (Å²) in [7, 11) is 1.45. The Bertz CT molecular complexity index is 731. The van der Waals surface area contributed by atoms with Gasteiger partial charge in [-0.2, -0.15) is 0 Å². The number of nitrogens with zero attached hydrogens (tertiary/aromatic N) is 2. The van der Waals surface area contributed by atoms with E-state index in [0.717, 1.165) is 37.0 Å². The van der Waals surface area contributed by atoms with Gasteiger partial charge in [-0.1, -0.05) is 6.42 Å². The monoisotopic (exact) mass is 544 g/mol. The highest BCUT2D eigenvalue weighted by Crippen LogP contribution is 2.43. The van der Waals surface area contributed by atoms with Crippen molar-refractivity contribution in [3.8, 4) is 0 Å². The molecule has 28 heavy (non-hydrogen) atoms. The largest absolute Gasteiger partial charge is 0.385 e. The molecule has 1 aliphatic carbocycles. The van der Waals surface area contributed by atoms with Crippen molar-refractivity contribution in [2.75, 3.05) is 40.9 Å². The minimum Gasteiger partial charge on any atom is -0.385 e. The van der Waals surface area contributed by atoms with Gasteiger partial charge in [0.2, 0.25) is 0 Å². The number of methoxy groups -OCH3 is 1. The summed E-state index contributed by atoms with van der Waals surface area (Å²) in [5.74, 6) is 0.770. The van der Waals surface area contributed by atoms with Gasteiger partial charge in [0, 0.05) is 45.8 Å². The van der Waals surface area contributed by atoms with Gasteiger partial charge in [0.1, 0.15) is 4.21 Å². The van der Waals surface area contributed by atoms with Gasteiger partial charge < -0.3 is 15.4 Å². The van der Waals surface area contributed by atoms with Crippen LogP contribution in [-0.4, -0.2) is 59.6 Å². The maximum absolute atomic E-state index is 12.2. The summed E-state index contributed by atoms with van der Waals surface area (Å²) in [5, 5.41) is 6.73. The lowest BCUT2D eigenvalue weighted by Gasteiger charge is -2.42. The number of hydrogen-bond donors (Lipinski definition) is 2. The second-order valence-electron chi connectivity index (χ2n) is 7.15. The molecule has 0 aromatic carbocycles. The zero-order valence-corrected chi connectivity index (χ0v) is 21.1. The molecule has 1 aromatic heterocycles. The highest BCUT2D eigenvalue weighted by molar-refractivity contribution is 14.0. The van der Waals surface area contributed by atoms with E-state index in [4.69, 9.17) is 4.74 Å². The summed E-state index contributed by atoms with van der Waals surface area (Å²) in [6.45, 7) is 4.93. The first-order valence-electron chi connectivity index (χ1n) is 9.35. The lowest BCUT2D eigenvalue weighted by molar-refractivity contribution is 0.0732. The molecule has 7 nitrogen and oxygen atoms in total. The molecule has 0 spiro atoms. The Labute approximate surface area is 190 Å². The van der Waals surface area contributed by atoms with Gasteiger partial charge in [-0.3, -0.25) is 0 Å². The average molecular weight is 545 g/mol. The summed E-state index contributed by atoms with van der Waals surface area (Å²) in [6.07, 6.45) is 4.78. The summed E-state index contributed by atoms with van der Waals surface area (Å²) in [5.41, 5.74) is 0.308. The number of ether oxygens (including phenoxy) is 1. The zero-order chi connectivity index (χ0) is 19.9. The normalized spacial score (nSPS) is 16.4. The first-order chi connectivity index (χ1) is 12.8. The number of hydrogen-bond acceptors (Lipinski definition) is 5. The van der Waals surface area contributed by atoms with Crippen LogP contribution in [0.2, 0.25) is 0 Å². The molecule has 0 radical (unpaired) electrons. The van der Waals surface area contributed by atoms with E-state index in [9.17, 15) is 8.42 Å². The van der Waals surface area contributed by atoms with Gasteiger partial charge in [0.15, 0.2) is 5.96 Å². The standard InChI is InChI=1S/C18H32N4O3S2.HI/c1-5-19-17(21-14-18(9-6-10-18)11-12-25-4)20-13-15-7-8-16(26-15)27(23,24)22(2)3;/h7-8H,5-6,9-14H2,1-4H3,(H2,19,20,21);1H. The van der Waals surface area contributed by atoms with Crippen LogP contribution in [0.5, 0.6) is 0 Å². The van der Waals surface area contributed by atoms with Crippen LogP contribution in [0.25, 0.3) is 0 Å². The van der Waals surface area contributed by atoms with E-state index in [1.165, 1.54) is 34.9 Å². The van der Waals surface area contributed by atoms with Gasteiger partial charge in [-0.05, 0) is 43.7 Å². The molecule has 0 atom stereocenters. The molecule has 1 fully saturated rings. The SMILES string of the molecule is CCNC(=NCc1ccc(S(=O)(=O)N(C)C)s1)NCC1(CCOC)CCC1.I. The Hall–Kier alpha value is -0.430. The van der Waals surface area contributed by atoms with Crippen molar-refractivity contribution in [3.63, 3.8) is 0 Å². The number of rotatable bonds is 10. The van der Waals surface area contributed by atoms with Crippen LogP contribution in [0.15, 0.2) is 21.3 Å². The van der Waals surface area contributed by atoms with Crippen LogP contribution in [0.1, 0.15) is 37.5 Å². The maximum Gasteiger partial charge on any atom is 0.252 e. The van der Waals surface area contributed by atoms with Crippen molar-refractivity contribution in [2.24, 2.45) is 10.4 Å². The van der Waals surface area contributed by atoms with Gasteiger partial charge in [-0.15, -0.1) is 35.3 Å². The Morgan fingerprint density at radius 1 is 1.32 bits per heavy atom. The average Bonchev–Trinajstić information content (AvgIpc) is 3.08. The first-order valence-corrected chi connectivity index (χ1v) is 11.6. The van der Waals surface area contributed by atoms with E-state index in [2.05, 4.69) is 15.6 Å². The summed E-state index contributed by atoms with van der Waals surface area (Å²) in [6, 6.07) is 3.49. The molecule has 2 N–H and O–H groups in total. The zero-order valence-electron chi connectivity index (χ0n) is 17.2. The molecule has 1 heterocycles. The molecule has 10 heteroatoms. The lowest BCUT2D eigenvalue weighted by atomic mass is 9.67. The predicted molar refractivity (Wildman–Crippen MR) is 126 cm³/mol. The highest BCUT2D eigenvalue weighted by atomic mass is 127. The molecule has 0 aliphatic heterocycles. The number of thiophene rings is 1. The smallest absolute Gasteiger partial charge is 0.252 e. The fraction of sp³-hybridized carbons (Fsp3) is 0.722. The molecule has 1 aromatic rings. The van der Waals surface area contributed by atoms with E-state index >= 15 is 0 Å². The summed E-state index contributed by atoms with van der Waals surface area (Å²) < 4.78 is 31.2. The molecule has 1 aliphatic rings. The van der Waals surface area contributed by atoms with E-state index < -0.39 is 10.0 Å². The van der Waals surface area contributed by atoms with Crippen LogP contribution in [0.3, 0.4) is 0 Å². The minimum atomic E-state index is -3.38. The Morgan fingerprint density at radius 3 is 2.57 bits per heavy atom. The van der Waals surface area contributed by atoms with E-state index in [1.807, 2.05) is 13.0 Å². The molecule has 0 amide bonds. The van der Waals surface area contributed by atoms with E-state index in [-0.39, 0.29) is 24.0 Å². The molecular formula is C18H33IN4O3S2. The van der Waals surface area contributed by atoms with Crippen LogP contribution in [-0.2, 0) is 21.3 Å². The molecular weight excluding hydrogens is 511 g/mol. The van der Waals surface area contributed by atoms with Crippen LogP contribution < -0.4 is 10.6 Å². The number of sulfonamides is 1. The fourth-order valence-corrected chi connectivity index (χ4v) is 5.49. The number of guanidine groups is 1. The van der Waals surface area contributed by atoms with Gasteiger partial charge >= 0.3 is 0 Å². The first kappa shape index (κ1) is 25.6.